The van der Waals surface area contributed by atoms with Crippen LogP contribution < -0.4 is 10.6 Å². The molecule has 0 fully saturated rings. The monoisotopic (exact) mass is 309 g/mol. The minimum Gasteiger partial charge on any atom is -0.360 e. The molecule has 2 N–H and O–H groups in total. The van der Waals surface area contributed by atoms with Crippen molar-refractivity contribution in [2.24, 2.45) is 0 Å². The lowest BCUT2D eigenvalue weighted by Gasteiger charge is -2.05. The zero-order chi connectivity index (χ0) is 16.2. The fourth-order valence-corrected chi connectivity index (χ4v) is 1.89. The van der Waals surface area contributed by atoms with Gasteiger partial charge in [-0.05, 0) is 26.0 Å². The summed E-state index contributed by atoms with van der Waals surface area (Å²) in [7, 11) is 0. The van der Waals surface area contributed by atoms with Crippen molar-refractivity contribution >= 4 is 23.4 Å². The Morgan fingerprint density at radius 2 is 1.78 bits per heavy atom. The molecule has 0 spiro atoms. The molecule has 0 radical (unpaired) electrons. The number of carbonyl (C=O) groups is 1. The summed E-state index contributed by atoms with van der Waals surface area (Å²) in [5.41, 5.74) is 2.39. The van der Waals surface area contributed by atoms with Crippen LogP contribution in [0.3, 0.4) is 0 Å². The molecule has 116 valence electrons. The predicted molar refractivity (Wildman–Crippen MR) is 85.7 cm³/mol. The average molecular weight is 309 g/mol. The predicted octanol–water partition coefficient (Wildman–Crippen LogP) is 3.08. The average Bonchev–Trinajstić information content (AvgIpc) is 2.95. The van der Waals surface area contributed by atoms with E-state index in [0.717, 1.165) is 5.69 Å². The number of aromatic nitrogens is 3. The van der Waals surface area contributed by atoms with Gasteiger partial charge in [-0.15, -0.1) is 0 Å². The van der Waals surface area contributed by atoms with Crippen LogP contribution in [-0.2, 0) is 0 Å². The molecule has 0 aliphatic heterocycles. The van der Waals surface area contributed by atoms with Gasteiger partial charge in [-0.2, -0.15) is 0 Å². The van der Waals surface area contributed by atoms with E-state index >= 15 is 0 Å². The number of carbonyl (C=O) groups excluding carboxylic acids is 1. The van der Waals surface area contributed by atoms with Crippen LogP contribution in [0.4, 0.5) is 17.5 Å². The first-order valence-corrected chi connectivity index (χ1v) is 7.00. The molecule has 3 aromatic rings. The number of amides is 1. The SMILES string of the molecule is Cc1ccc(Nc2ncc(C(=O)Nc3cc(C)on3)cn2)cc1. The fourth-order valence-electron chi connectivity index (χ4n) is 1.89. The van der Waals surface area contributed by atoms with Crippen LogP contribution in [0.25, 0.3) is 0 Å². The minimum absolute atomic E-state index is 0.333. The van der Waals surface area contributed by atoms with Gasteiger partial charge in [-0.25, -0.2) is 9.97 Å². The lowest BCUT2D eigenvalue weighted by molar-refractivity contribution is 0.102. The molecular weight excluding hydrogens is 294 g/mol. The number of hydrogen-bond acceptors (Lipinski definition) is 6. The first kappa shape index (κ1) is 14.7. The van der Waals surface area contributed by atoms with E-state index < -0.39 is 0 Å². The van der Waals surface area contributed by atoms with E-state index in [1.54, 1.807) is 13.0 Å². The molecule has 1 amide bonds. The quantitative estimate of drug-likeness (QED) is 0.769. The second-order valence-electron chi connectivity index (χ2n) is 5.06. The Kier molecular flexibility index (Phi) is 4.01. The summed E-state index contributed by atoms with van der Waals surface area (Å²) in [6, 6.07) is 9.48. The molecule has 0 saturated carbocycles. The Bertz CT molecular complexity index is 809. The van der Waals surface area contributed by atoms with Crippen molar-refractivity contribution in [3.05, 3.63) is 59.6 Å². The Labute approximate surface area is 132 Å². The third-order valence-corrected chi connectivity index (χ3v) is 3.09. The van der Waals surface area contributed by atoms with Crippen molar-refractivity contribution in [1.29, 1.82) is 0 Å². The Morgan fingerprint density at radius 3 is 2.39 bits per heavy atom. The maximum atomic E-state index is 12.0. The van der Waals surface area contributed by atoms with Crippen molar-refractivity contribution in [1.82, 2.24) is 15.1 Å². The zero-order valence-corrected chi connectivity index (χ0v) is 12.7. The zero-order valence-electron chi connectivity index (χ0n) is 12.7. The van der Waals surface area contributed by atoms with Crippen LogP contribution in [0.1, 0.15) is 21.7 Å². The summed E-state index contributed by atoms with van der Waals surface area (Å²) < 4.78 is 4.89. The number of hydrogen-bond donors (Lipinski definition) is 2. The highest BCUT2D eigenvalue weighted by Gasteiger charge is 2.10. The normalized spacial score (nSPS) is 10.3. The van der Waals surface area contributed by atoms with Crippen molar-refractivity contribution in [3.8, 4) is 0 Å². The molecule has 0 atom stereocenters. The van der Waals surface area contributed by atoms with Gasteiger partial charge in [0.25, 0.3) is 5.91 Å². The summed E-state index contributed by atoms with van der Waals surface area (Å²) in [5.74, 6) is 1.05. The minimum atomic E-state index is -0.347. The molecule has 0 saturated heterocycles. The number of nitrogens with one attached hydrogen (secondary N) is 2. The first-order valence-electron chi connectivity index (χ1n) is 7.00. The lowest BCUT2D eigenvalue weighted by Crippen LogP contribution is -2.13. The number of nitrogens with zero attached hydrogens (tertiary/aromatic N) is 3. The molecule has 23 heavy (non-hydrogen) atoms. The topological polar surface area (TPSA) is 92.9 Å². The number of aryl methyl sites for hydroxylation is 2. The van der Waals surface area contributed by atoms with Crippen molar-refractivity contribution in [2.45, 2.75) is 13.8 Å². The van der Waals surface area contributed by atoms with Crippen LogP contribution in [0.5, 0.6) is 0 Å². The highest BCUT2D eigenvalue weighted by molar-refractivity contribution is 6.03. The molecule has 7 nitrogen and oxygen atoms in total. The van der Waals surface area contributed by atoms with Gasteiger partial charge in [0, 0.05) is 24.1 Å². The maximum absolute atomic E-state index is 12.0. The van der Waals surface area contributed by atoms with E-state index in [2.05, 4.69) is 25.8 Å². The van der Waals surface area contributed by atoms with Gasteiger partial charge in [0.2, 0.25) is 5.95 Å². The Balaban J connectivity index is 1.66. The van der Waals surface area contributed by atoms with Crippen molar-refractivity contribution < 1.29 is 9.32 Å². The van der Waals surface area contributed by atoms with Crippen LogP contribution in [0.2, 0.25) is 0 Å². The van der Waals surface area contributed by atoms with Gasteiger partial charge >= 0.3 is 0 Å². The second-order valence-corrected chi connectivity index (χ2v) is 5.06. The third kappa shape index (κ3) is 3.70. The number of benzene rings is 1. The third-order valence-electron chi connectivity index (χ3n) is 3.09. The van der Waals surface area contributed by atoms with Gasteiger partial charge in [-0.1, -0.05) is 22.9 Å². The number of anilines is 3. The Hall–Kier alpha value is -3.22. The highest BCUT2D eigenvalue weighted by atomic mass is 16.5. The summed E-state index contributed by atoms with van der Waals surface area (Å²) in [6.45, 7) is 3.77. The van der Waals surface area contributed by atoms with E-state index in [1.165, 1.54) is 18.0 Å². The maximum Gasteiger partial charge on any atom is 0.260 e. The van der Waals surface area contributed by atoms with E-state index in [-0.39, 0.29) is 5.91 Å². The summed E-state index contributed by atoms with van der Waals surface area (Å²) in [5, 5.41) is 9.38. The van der Waals surface area contributed by atoms with Crippen LogP contribution in [0.15, 0.2) is 47.2 Å². The smallest absolute Gasteiger partial charge is 0.260 e. The van der Waals surface area contributed by atoms with Gasteiger partial charge < -0.3 is 15.2 Å². The molecule has 0 bridgehead atoms. The highest BCUT2D eigenvalue weighted by Crippen LogP contribution is 2.14. The van der Waals surface area contributed by atoms with E-state index in [0.29, 0.717) is 23.1 Å². The van der Waals surface area contributed by atoms with Crippen molar-refractivity contribution in [2.75, 3.05) is 10.6 Å². The first-order chi connectivity index (χ1) is 11.1. The molecule has 0 unspecified atom stereocenters. The molecule has 7 heteroatoms. The molecule has 3 rings (SSSR count). The molecule has 0 aliphatic carbocycles. The summed E-state index contributed by atoms with van der Waals surface area (Å²) in [4.78, 5) is 20.3. The largest absolute Gasteiger partial charge is 0.360 e. The van der Waals surface area contributed by atoms with Crippen LogP contribution in [0, 0.1) is 13.8 Å². The van der Waals surface area contributed by atoms with Crippen molar-refractivity contribution in [3.63, 3.8) is 0 Å². The van der Waals surface area contributed by atoms with Crippen LogP contribution in [-0.4, -0.2) is 21.0 Å². The van der Waals surface area contributed by atoms with Crippen LogP contribution >= 0.6 is 0 Å². The molecular formula is C16H15N5O2. The van der Waals surface area contributed by atoms with Gasteiger partial charge in [0.15, 0.2) is 5.82 Å². The molecule has 1 aromatic carbocycles. The molecule has 2 heterocycles. The molecule has 2 aromatic heterocycles. The summed E-state index contributed by atoms with van der Waals surface area (Å²) in [6.07, 6.45) is 2.90. The molecule has 0 aliphatic rings. The van der Waals surface area contributed by atoms with E-state index in [9.17, 15) is 4.79 Å². The van der Waals surface area contributed by atoms with Gasteiger partial charge in [-0.3, -0.25) is 4.79 Å². The Morgan fingerprint density at radius 1 is 1.09 bits per heavy atom. The second kappa shape index (κ2) is 6.27. The number of rotatable bonds is 4. The fraction of sp³-hybridized carbons (Fsp3) is 0.125. The van der Waals surface area contributed by atoms with Gasteiger partial charge in [0.1, 0.15) is 5.76 Å². The summed E-state index contributed by atoms with van der Waals surface area (Å²) >= 11 is 0. The van der Waals surface area contributed by atoms with E-state index in [1.807, 2.05) is 31.2 Å². The van der Waals surface area contributed by atoms with Gasteiger partial charge in [0.05, 0.1) is 5.56 Å². The lowest BCUT2D eigenvalue weighted by atomic mass is 10.2. The standard InChI is InChI=1S/C16H15N5O2/c1-10-3-5-13(6-4-10)19-16-17-8-12(9-18-16)15(22)20-14-7-11(2)23-21-14/h3-9H,1-2H3,(H,17,18,19)(H,20,21,22). The van der Waals surface area contributed by atoms with E-state index in [4.69, 9.17) is 4.52 Å².